The Morgan fingerprint density at radius 3 is 2.62 bits per heavy atom. The Balaban J connectivity index is 2.81. The van der Waals surface area contributed by atoms with Crippen molar-refractivity contribution in [1.82, 2.24) is 4.98 Å². The van der Waals surface area contributed by atoms with Gasteiger partial charge in [0.05, 0.1) is 12.1 Å². The normalized spacial score (nSPS) is 11.6. The van der Waals surface area contributed by atoms with Crippen molar-refractivity contribution in [3.05, 3.63) is 16.1 Å². The van der Waals surface area contributed by atoms with Gasteiger partial charge in [-0.25, -0.2) is 4.98 Å². The average molecular weight is 199 g/mol. The Labute approximate surface area is 81.4 Å². The summed E-state index contributed by atoms with van der Waals surface area (Å²) in [7, 11) is 0. The number of aromatic nitrogens is 1. The van der Waals surface area contributed by atoms with Crippen LogP contribution in [0, 0.1) is 0 Å². The number of rotatable bonds is 2. The molecule has 1 aromatic heterocycles. The Hall–Kier alpha value is -0.900. The molecule has 0 radical (unpaired) electrons. The molecule has 0 spiro atoms. The second kappa shape index (κ2) is 3.46. The minimum Gasteiger partial charge on any atom is -0.481 e. The molecule has 4 heteroatoms. The predicted molar refractivity (Wildman–Crippen MR) is 52.2 cm³/mol. The number of hydrogen-bond acceptors (Lipinski definition) is 3. The summed E-state index contributed by atoms with van der Waals surface area (Å²) in [5.41, 5.74) is 0.974. The molecule has 1 N–H and O–H groups in total. The van der Waals surface area contributed by atoms with E-state index in [1.807, 2.05) is 5.38 Å². The zero-order valence-electron chi connectivity index (χ0n) is 8.00. The maximum atomic E-state index is 10.4. The second-order valence-electron chi connectivity index (χ2n) is 3.95. The third kappa shape index (κ3) is 2.81. The Morgan fingerprint density at radius 2 is 2.23 bits per heavy atom. The van der Waals surface area contributed by atoms with E-state index in [-0.39, 0.29) is 11.8 Å². The summed E-state index contributed by atoms with van der Waals surface area (Å²) in [6, 6.07) is 0. The van der Waals surface area contributed by atoms with E-state index < -0.39 is 5.97 Å². The van der Waals surface area contributed by atoms with Crippen molar-refractivity contribution >= 4 is 17.3 Å². The molecule has 0 saturated heterocycles. The zero-order valence-corrected chi connectivity index (χ0v) is 8.81. The molecule has 0 amide bonds. The molecule has 0 bridgehead atoms. The molecule has 72 valence electrons. The van der Waals surface area contributed by atoms with E-state index in [2.05, 4.69) is 25.8 Å². The van der Waals surface area contributed by atoms with Crippen LogP contribution in [0.15, 0.2) is 5.38 Å². The first-order chi connectivity index (χ1) is 5.89. The molecule has 1 heterocycles. The Bertz CT molecular complexity index is 312. The summed E-state index contributed by atoms with van der Waals surface area (Å²) in [5.74, 6) is -0.824. The van der Waals surface area contributed by atoms with E-state index in [9.17, 15) is 4.79 Å². The highest BCUT2D eigenvalue weighted by atomic mass is 32.1. The van der Waals surface area contributed by atoms with Crippen LogP contribution in [0.1, 0.15) is 31.5 Å². The first kappa shape index (κ1) is 10.2. The highest BCUT2D eigenvalue weighted by molar-refractivity contribution is 7.09. The van der Waals surface area contributed by atoms with Gasteiger partial charge in [0.2, 0.25) is 0 Å². The molecule has 0 aliphatic rings. The van der Waals surface area contributed by atoms with Crippen molar-refractivity contribution in [2.24, 2.45) is 0 Å². The number of carboxylic acids is 1. The van der Waals surface area contributed by atoms with E-state index in [1.54, 1.807) is 0 Å². The molecule has 0 aliphatic carbocycles. The van der Waals surface area contributed by atoms with Gasteiger partial charge in [-0.1, -0.05) is 20.8 Å². The van der Waals surface area contributed by atoms with Gasteiger partial charge in [-0.15, -0.1) is 11.3 Å². The number of nitrogens with zero attached hydrogens (tertiary/aromatic N) is 1. The lowest BCUT2D eigenvalue weighted by atomic mass is 9.93. The van der Waals surface area contributed by atoms with Crippen LogP contribution in [0.3, 0.4) is 0 Å². The van der Waals surface area contributed by atoms with Crippen molar-refractivity contribution in [3.8, 4) is 0 Å². The molecule has 0 saturated carbocycles. The minimum absolute atomic E-state index is 0.00720. The summed E-state index contributed by atoms with van der Waals surface area (Å²) in [6.07, 6.45) is 0.0285. The van der Waals surface area contributed by atoms with Crippen molar-refractivity contribution in [1.29, 1.82) is 0 Å². The summed E-state index contributed by atoms with van der Waals surface area (Å²) >= 11 is 1.41. The Kier molecular flexibility index (Phi) is 2.71. The lowest BCUT2D eigenvalue weighted by molar-refractivity contribution is -0.136. The Morgan fingerprint density at radius 1 is 1.62 bits per heavy atom. The second-order valence-corrected chi connectivity index (χ2v) is 4.89. The van der Waals surface area contributed by atoms with Crippen LogP contribution in [0.5, 0.6) is 0 Å². The third-order valence-electron chi connectivity index (χ3n) is 1.62. The van der Waals surface area contributed by atoms with Crippen LogP contribution < -0.4 is 0 Å². The van der Waals surface area contributed by atoms with Crippen LogP contribution in [0.4, 0.5) is 0 Å². The number of hydrogen-bond donors (Lipinski definition) is 1. The van der Waals surface area contributed by atoms with Crippen molar-refractivity contribution in [2.75, 3.05) is 0 Å². The summed E-state index contributed by atoms with van der Waals surface area (Å²) < 4.78 is 0. The monoisotopic (exact) mass is 199 g/mol. The summed E-state index contributed by atoms with van der Waals surface area (Å²) in [4.78, 5) is 14.7. The molecular weight excluding hydrogens is 186 g/mol. The SMILES string of the molecule is CC(C)(C)c1csc(CC(=O)O)n1. The topological polar surface area (TPSA) is 50.2 Å². The van der Waals surface area contributed by atoms with Crippen LogP contribution in [-0.2, 0) is 16.6 Å². The quantitative estimate of drug-likeness (QED) is 0.793. The van der Waals surface area contributed by atoms with Crippen molar-refractivity contribution in [2.45, 2.75) is 32.6 Å². The molecule has 1 rings (SSSR count). The first-order valence-electron chi connectivity index (χ1n) is 4.06. The molecule has 13 heavy (non-hydrogen) atoms. The molecule has 0 aromatic carbocycles. The largest absolute Gasteiger partial charge is 0.481 e. The van der Waals surface area contributed by atoms with Gasteiger partial charge in [0.1, 0.15) is 5.01 Å². The number of thiazole rings is 1. The van der Waals surface area contributed by atoms with E-state index in [1.165, 1.54) is 11.3 Å². The maximum Gasteiger partial charge on any atom is 0.310 e. The van der Waals surface area contributed by atoms with Gasteiger partial charge in [0, 0.05) is 10.8 Å². The van der Waals surface area contributed by atoms with E-state index in [0.717, 1.165) is 5.69 Å². The van der Waals surface area contributed by atoms with E-state index >= 15 is 0 Å². The van der Waals surface area contributed by atoms with Crippen LogP contribution in [0.25, 0.3) is 0 Å². The highest BCUT2D eigenvalue weighted by Gasteiger charge is 2.17. The van der Waals surface area contributed by atoms with Crippen LogP contribution in [0.2, 0.25) is 0 Å². The number of carboxylic acid groups (broad SMARTS) is 1. The van der Waals surface area contributed by atoms with Gasteiger partial charge < -0.3 is 5.11 Å². The minimum atomic E-state index is -0.824. The average Bonchev–Trinajstić information content (AvgIpc) is 2.32. The van der Waals surface area contributed by atoms with Crippen molar-refractivity contribution in [3.63, 3.8) is 0 Å². The summed E-state index contributed by atoms with van der Waals surface area (Å²) in [6.45, 7) is 6.19. The van der Waals surface area contributed by atoms with Gasteiger partial charge >= 0.3 is 5.97 Å². The fraction of sp³-hybridized carbons (Fsp3) is 0.556. The van der Waals surface area contributed by atoms with Crippen LogP contribution >= 0.6 is 11.3 Å². The molecule has 0 unspecified atom stereocenters. The van der Waals surface area contributed by atoms with E-state index in [4.69, 9.17) is 5.11 Å². The predicted octanol–water partition coefficient (Wildman–Crippen LogP) is 2.07. The first-order valence-corrected chi connectivity index (χ1v) is 4.94. The van der Waals surface area contributed by atoms with Gasteiger partial charge in [-0.2, -0.15) is 0 Å². The molecule has 0 aliphatic heterocycles. The molecular formula is C9H13NO2S. The number of aliphatic carboxylic acids is 1. The van der Waals surface area contributed by atoms with Gasteiger partial charge in [-0.3, -0.25) is 4.79 Å². The van der Waals surface area contributed by atoms with Gasteiger partial charge in [-0.05, 0) is 0 Å². The molecule has 0 fully saturated rings. The third-order valence-corrected chi connectivity index (χ3v) is 2.47. The lowest BCUT2D eigenvalue weighted by Gasteiger charge is -2.14. The van der Waals surface area contributed by atoms with Gasteiger partial charge in [0.25, 0.3) is 0 Å². The molecule has 1 aromatic rings. The fourth-order valence-electron chi connectivity index (χ4n) is 0.866. The zero-order chi connectivity index (χ0) is 10.1. The van der Waals surface area contributed by atoms with Crippen molar-refractivity contribution < 1.29 is 9.90 Å². The molecule has 0 atom stereocenters. The highest BCUT2D eigenvalue weighted by Crippen LogP contribution is 2.23. The smallest absolute Gasteiger partial charge is 0.310 e. The fourth-order valence-corrected chi connectivity index (χ4v) is 1.88. The number of carbonyl (C=O) groups is 1. The lowest BCUT2D eigenvalue weighted by Crippen LogP contribution is -2.11. The molecule has 3 nitrogen and oxygen atoms in total. The maximum absolute atomic E-state index is 10.4. The van der Waals surface area contributed by atoms with Crippen LogP contribution in [-0.4, -0.2) is 16.1 Å². The standard InChI is InChI=1S/C9H13NO2S/c1-9(2,3)6-5-13-7(10-6)4-8(11)12/h5H,4H2,1-3H3,(H,11,12). The van der Waals surface area contributed by atoms with E-state index in [0.29, 0.717) is 5.01 Å². The summed E-state index contributed by atoms with van der Waals surface area (Å²) in [5, 5.41) is 11.2. The van der Waals surface area contributed by atoms with Gasteiger partial charge in [0.15, 0.2) is 0 Å².